The summed E-state index contributed by atoms with van der Waals surface area (Å²) in [6, 6.07) is 19.1. The van der Waals surface area contributed by atoms with Gasteiger partial charge in [-0.25, -0.2) is 9.69 Å². The van der Waals surface area contributed by atoms with Crippen LogP contribution >= 0.6 is 0 Å². The number of hydrogen-bond acceptors (Lipinski definition) is 3. The molecule has 1 aliphatic rings. The molecule has 22 heavy (non-hydrogen) atoms. The van der Waals surface area contributed by atoms with Gasteiger partial charge in [-0.1, -0.05) is 67.6 Å². The highest BCUT2D eigenvalue weighted by molar-refractivity contribution is 5.95. The van der Waals surface area contributed by atoms with Crippen LogP contribution in [0.3, 0.4) is 0 Å². The molecule has 0 bridgehead atoms. The lowest BCUT2D eigenvalue weighted by Crippen LogP contribution is -2.48. The largest absolute Gasteiger partial charge is 0.446 e. The van der Waals surface area contributed by atoms with Gasteiger partial charge in [0.2, 0.25) is 5.91 Å². The molecule has 4 nitrogen and oxygen atoms in total. The number of imide groups is 1. The molecule has 0 aromatic heterocycles. The smallest absolute Gasteiger partial charge is 0.417 e. The van der Waals surface area contributed by atoms with E-state index in [1.165, 1.54) is 4.90 Å². The maximum absolute atomic E-state index is 12.4. The number of ether oxygens (including phenoxy) is 1. The molecule has 0 unspecified atom stereocenters. The van der Waals surface area contributed by atoms with Crippen LogP contribution in [0.2, 0.25) is 0 Å². The predicted octanol–water partition coefficient (Wildman–Crippen LogP) is 3.32. The van der Waals surface area contributed by atoms with E-state index in [0.29, 0.717) is 0 Å². The summed E-state index contributed by atoms with van der Waals surface area (Å²) in [6.07, 6.45) is -0.337. The second kappa shape index (κ2) is 5.64. The zero-order chi connectivity index (χ0) is 15.6. The molecule has 0 N–H and O–H groups in total. The van der Waals surface area contributed by atoms with Crippen LogP contribution in [0.5, 0.6) is 0 Å². The first kappa shape index (κ1) is 14.3. The monoisotopic (exact) mass is 295 g/mol. The number of carbonyl (C=O) groups excluding carboxylic acids is 2. The average molecular weight is 295 g/mol. The minimum atomic E-state index is -0.896. The molecule has 1 aliphatic heterocycles. The van der Waals surface area contributed by atoms with Gasteiger partial charge in [0.05, 0.1) is 0 Å². The molecule has 0 atom stereocenters. The number of nitrogens with zero attached hydrogens (tertiary/aromatic N) is 1. The first-order chi connectivity index (χ1) is 10.7. The van der Waals surface area contributed by atoms with Crippen molar-refractivity contribution in [2.24, 2.45) is 0 Å². The van der Waals surface area contributed by atoms with Crippen LogP contribution in [-0.4, -0.2) is 23.5 Å². The predicted molar refractivity (Wildman–Crippen MR) is 82.1 cm³/mol. The summed E-state index contributed by atoms with van der Waals surface area (Å²) in [7, 11) is 0. The van der Waals surface area contributed by atoms with Crippen LogP contribution in [0, 0.1) is 0 Å². The SMILES string of the molecule is CCC(=O)N1C(=O)OCC1(c1ccccc1)c1ccccc1. The minimum absolute atomic E-state index is 0.131. The Morgan fingerprint density at radius 1 is 1.05 bits per heavy atom. The fourth-order valence-electron chi connectivity index (χ4n) is 2.94. The molecule has 0 spiro atoms. The maximum atomic E-state index is 12.4. The Hall–Kier alpha value is -2.62. The molecule has 2 aromatic rings. The Kier molecular flexibility index (Phi) is 3.67. The van der Waals surface area contributed by atoms with Crippen molar-refractivity contribution in [3.63, 3.8) is 0 Å². The molecular weight excluding hydrogens is 278 g/mol. The van der Waals surface area contributed by atoms with Gasteiger partial charge in [0.1, 0.15) is 12.1 Å². The molecule has 4 heteroatoms. The van der Waals surface area contributed by atoms with Crippen LogP contribution in [0.15, 0.2) is 60.7 Å². The van der Waals surface area contributed by atoms with Gasteiger partial charge in [0.25, 0.3) is 0 Å². The lowest BCUT2D eigenvalue weighted by atomic mass is 9.82. The quantitative estimate of drug-likeness (QED) is 0.872. The summed E-state index contributed by atoms with van der Waals surface area (Å²) in [6.45, 7) is 1.88. The molecule has 2 amide bonds. The van der Waals surface area contributed by atoms with Crippen LogP contribution < -0.4 is 0 Å². The van der Waals surface area contributed by atoms with E-state index in [1.54, 1.807) is 6.92 Å². The van der Waals surface area contributed by atoms with Crippen molar-refractivity contribution in [2.75, 3.05) is 6.61 Å². The first-order valence-electron chi connectivity index (χ1n) is 7.31. The normalized spacial score (nSPS) is 16.4. The van der Waals surface area contributed by atoms with Crippen molar-refractivity contribution >= 4 is 12.0 Å². The Morgan fingerprint density at radius 2 is 1.55 bits per heavy atom. The summed E-state index contributed by atoms with van der Waals surface area (Å²) in [5.41, 5.74) is 0.842. The molecule has 0 aliphatic carbocycles. The van der Waals surface area contributed by atoms with Gasteiger partial charge in [-0.2, -0.15) is 0 Å². The zero-order valence-electron chi connectivity index (χ0n) is 12.4. The highest BCUT2D eigenvalue weighted by Crippen LogP contribution is 2.41. The standard InChI is InChI=1S/C18H17NO3/c1-2-16(20)19-17(21)22-13-18(19,14-9-5-3-6-10-14)15-11-7-4-8-12-15/h3-12H,2,13H2,1H3. The molecule has 3 rings (SSSR count). The van der Waals surface area contributed by atoms with E-state index >= 15 is 0 Å². The highest BCUT2D eigenvalue weighted by Gasteiger charge is 2.52. The third kappa shape index (κ3) is 2.08. The van der Waals surface area contributed by atoms with Crippen LogP contribution in [0.25, 0.3) is 0 Å². The summed E-state index contributed by atoms with van der Waals surface area (Å²) in [4.78, 5) is 25.9. The Balaban J connectivity index is 2.24. The number of amides is 2. The van der Waals surface area contributed by atoms with Crippen LogP contribution in [-0.2, 0) is 15.1 Å². The van der Waals surface area contributed by atoms with E-state index in [4.69, 9.17) is 4.74 Å². The number of cyclic esters (lactones) is 1. The molecule has 1 fully saturated rings. The Bertz CT molecular complexity index is 642. The lowest BCUT2D eigenvalue weighted by molar-refractivity contribution is -0.130. The van der Waals surface area contributed by atoms with Crippen molar-refractivity contribution in [1.82, 2.24) is 4.90 Å². The topological polar surface area (TPSA) is 46.6 Å². The number of rotatable bonds is 3. The first-order valence-corrected chi connectivity index (χ1v) is 7.31. The van der Waals surface area contributed by atoms with Crippen LogP contribution in [0.1, 0.15) is 24.5 Å². The summed E-state index contributed by atoms with van der Waals surface area (Å²) in [5, 5.41) is 0. The number of benzene rings is 2. The van der Waals surface area contributed by atoms with Gasteiger partial charge in [-0.15, -0.1) is 0 Å². The molecule has 2 aromatic carbocycles. The third-order valence-corrected chi connectivity index (χ3v) is 4.02. The van der Waals surface area contributed by atoms with E-state index in [2.05, 4.69) is 0 Å². The molecule has 1 saturated heterocycles. The van der Waals surface area contributed by atoms with Gasteiger partial charge >= 0.3 is 6.09 Å². The Morgan fingerprint density at radius 3 is 2.00 bits per heavy atom. The maximum Gasteiger partial charge on any atom is 0.417 e. The number of hydrogen-bond donors (Lipinski definition) is 0. The summed E-state index contributed by atoms with van der Waals surface area (Å²) in [5.74, 6) is -0.241. The van der Waals surface area contributed by atoms with E-state index in [-0.39, 0.29) is 18.9 Å². The van der Waals surface area contributed by atoms with E-state index < -0.39 is 11.6 Å². The molecule has 1 heterocycles. The van der Waals surface area contributed by atoms with E-state index in [9.17, 15) is 9.59 Å². The van der Waals surface area contributed by atoms with Crippen molar-refractivity contribution in [3.8, 4) is 0 Å². The fourth-order valence-corrected chi connectivity index (χ4v) is 2.94. The molecule has 0 saturated carbocycles. The van der Waals surface area contributed by atoms with Crippen molar-refractivity contribution in [1.29, 1.82) is 0 Å². The van der Waals surface area contributed by atoms with E-state index in [1.807, 2.05) is 60.7 Å². The van der Waals surface area contributed by atoms with Gasteiger partial charge < -0.3 is 4.74 Å². The van der Waals surface area contributed by atoms with Gasteiger partial charge in [-0.3, -0.25) is 4.79 Å². The average Bonchev–Trinajstić information content (AvgIpc) is 2.94. The molecular formula is C18H17NO3. The molecule has 0 radical (unpaired) electrons. The van der Waals surface area contributed by atoms with Crippen molar-refractivity contribution < 1.29 is 14.3 Å². The Labute approximate surface area is 129 Å². The second-order valence-corrected chi connectivity index (χ2v) is 5.23. The van der Waals surface area contributed by atoms with Crippen molar-refractivity contribution in [3.05, 3.63) is 71.8 Å². The van der Waals surface area contributed by atoms with E-state index in [0.717, 1.165) is 11.1 Å². The van der Waals surface area contributed by atoms with Gasteiger partial charge in [-0.05, 0) is 11.1 Å². The van der Waals surface area contributed by atoms with Gasteiger partial charge in [0.15, 0.2) is 0 Å². The highest BCUT2D eigenvalue weighted by atomic mass is 16.6. The number of carbonyl (C=O) groups is 2. The minimum Gasteiger partial charge on any atom is -0.446 e. The summed E-state index contributed by atoms with van der Waals surface area (Å²) < 4.78 is 5.28. The second-order valence-electron chi connectivity index (χ2n) is 5.23. The van der Waals surface area contributed by atoms with Crippen molar-refractivity contribution in [2.45, 2.75) is 18.9 Å². The molecule has 112 valence electrons. The fraction of sp³-hybridized carbons (Fsp3) is 0.222. The summed E-state index contributed by atoms with van der Waals surface area (Å²) >= 11 is 0. The zero-order valence-corrected chi connectivity index (χ0v) is 12.4. The van der Waals surface area contributed by atoms with Crippen LogP contribution in [0.4, 0.5) is 4.79 Å². The lowest BCUT2D eigenvalue weighted by Gasteiger charge is -2.35. The third-order valence-electron chi connectivity index (χ3n) is 4.02. The van der Waals surface area contributed by atoms with Gasteiger partial charge in [0, 0.05) is 6.42 Å².